The Morgan fingerprint density at radius 1 is 1.13 bits per heavy atom. The minimum Gasteiger partial charge on any atom is -0.494 e. The third-order valence-electron chi connectivity index (χ3n) is 4.27. The molecule has 0 bridgehead atoms. The van der Waals surface area contributed by atoms with E-state index in [1.54, 1.807) is 36.4 Å². The van der Waals surface area contributed by atoms with Gasteiger partial charge in [-0.25, -0.2) is 9.79 Å². The molecular weight excluding hydrogens is 384 g/mol. The molecular formula is C23H22N2O5. The van der Waals surface area contributed by atoms with Gasteiger partial charge in [0.25, 0.3) is 0 Å². The van der Waals surface area contributed by atoms with Crippen LogP contribution in [0.4, 0.5) is 0 Å². The normalized spacial score (nSPS) is 14.1. The monoisotopic (exact) mass is 406 g/mol. The highest BCUT2D eigenvalue weighted by Gasteiger charge is 2.24. The number of unbranched alkanes of at least 4 members (excludes halogenated alkanes) is 1. The van der Waals surface area contributed by atoms with Gasteiger partial charge in [-0.1, -0.05) is 19.4 Å². The third-order valence-corrected chi connectivity index (χ3v) is 4.27. The average Bonchev–Trinajstić information content (AvgIpc) is 3.13. The first-order valence-electron chi connectivity index (χ1n) is 9.58. The van der Waals surface area contributed by atoms with E-state index in [4.69, 9.17) is 24.2 Å². The molecule has 0 atom stereocenters. The highest BCUT2D eigenvalue weighted by Crippen LogP contribution is 2.30. The zero-order valence-electron chi connectivity index (χ0n) is 16.9. The van der Waals surface area contributed by atoms with Crippen molar-refractivity contribution in [2.45, 2.75) is 19.8 Å². The molecule has 1 aliphatic rings. The Balaban J connectivity index is 1.76. The van der Waals surface area contributed by atoms with Crippen molar-refractivity contribution in [1.29, 1.82) is 5.26 Å². The Morgan fingerprint density at radius 3 is 2.63 bits per heavy atom. The lowest BCUT2D eigenvalue weighted by Crippen LogP contribution is -2.05. The molecule has 1 aliphatic heterocycles. The number of esters is 1. The minimum atomic E-state index is -0.531. The number of hydrogen-bond donors (Lipinski definition) is 0. The topological polar surface area (TPSA) is 90.1 Å². The quantitative estimate of drug-likeness (QED) is 0.353. The van der Waals surface area contributed by atoms with Gasteiger partial charge in [0.05, 0.1) is 13.7 Å². The molecule has 0 amide bonds. The van der Waals surface area contributed by atoms with Gasteiger partial charge in [0.15, 0.2) is 23.8 Å². The van der Waals surface area contributed by atoms with Gasteiger partial charge < -0.3 is 18.9 Å². The van der Waals surface area contributed by atoms with Crippen LogP contribution in [-0.2, 0) is 9.53 Å². The molecule has 2 aromatic rings. The fourth-order valence-electron chi connectivity index (χ4n) is 2.72. The predicted octanol–water partition coefficient (Wildman–Crippen LogP) is 4.12. The summed E-state index contributed by atoms with van der Waals surface area (Å²) in [4.78, 5) is 16.6. The molecule has 0 spiro atoms. The Labute approximate surface area is 175 Å². The molecule has 7 nitrogen and oxygen atoms in total. The largest absolute Gasteiger partial charge is 0.494 e. The van der Waals surface area contributed by atoms with Gasteiger partial charge in [-0.2, -0.15) is 5.26 Å². The summed E-state index contributed by atoms with van der Waals surface area (Å²) in [6.07, 6.45) is 3.67. The number of methoxy groups -OCH3 is 1. The lowest BCUT2D eigenvalue weighted by atomic mass is 10.1. The van der Waals surface area contributed by atoms with Crippen LogP contribution in [0, 0.1) is 11.3 Å². The van der Waals surface area contributed by atoms with Gasteiger partial charge in [-0.05, 0) is 54.5 Å². The fraction of sp³-hybridized carbons (Fsp3) is 0.261. The van der Waals surface area contributed by atoms with Crippen LogP contribution in [0.3, 0.4) is 0 Å². The number of hydrogen-bond acceptors (Lipinski definition) is 7. The van der Waals surface area contributed by atoms with Crippen molar-refractivity contribution in [2.75, 3.05) is 20.3 Å². The second-order valence-corrected chi connectivity index (χ2v) is 6.42. The first-order chi connectivity index (χ1) is 14.6. The molecule has 0 radical (unpaired) electrons. The molecule has 2 aromatic carbocycles. The van der Waals surface area contributed by atoms with Crippen LogP contribution in [0.25, 0.3) is 6.08 Å². The maximum atomic E-state index is 12.2. The van der Waals surface area contributed by atoms with Crippen LogP contribution in [0.1, 0.15) is 30.9 Å². The molecule has 0 aliphatic carbocycles. The van der Waals surface area contributed by atoms with E-state index >= 15 is 0 Å². The van der Waals surface area contributed by atoms with E-state index in [9.17, 15) is 4.79 Å². The van der Waals surface area contributed by atoms with Gasteiger partial charge >= 0.3 is 5.97 Å². The Kier molecular flexibility index (Phi) is 7.06. The van der Waals surface area contributed by atoms with Crippen molar-refractivity contribution < 1.29 is 23.7 Å². The van der Waals surface area contributed by atoms with Crippen LogP contribution < -0.4 is 14.2 Å². The van der Waals surface area contributed by atoms with Gasteiger partial charge in [0.1, 0.15) is 11.8 Å². The van der Waals surface area contributed by atoms with Crippen molar-refractivity contribution in [3.8, 4) is 23.3 Å². The SMILES string of the molecule is CCCCOc1ccc(C2=N/C(=C\c3ccc(OCC#N)c(OC)c3)C(=O)O2)cc1. The molecule has 0 fully saturated rings. The van der Waals surface area contributed by atoms with Crippen molar-refractivity contribution in [3.63, 3.8) is 0 Å². The van der Waals surface area contributed by atoms with E-state index in [0.717, 1.165) is 18.6 Å². The lowest BCUT2D eigenvalue weighted by molar-refractivity contribution is -0.129. The molecule has 0 unspecified atom stereocenters. The number of aliphatic imine (C=N–C) groups is 1. The van der Waals surface area contributed by atoms with Crippen molar-refractivity contribution in [1.82, 2.24) is 0 Å². The van der Waals surface area contributed by atoms with Crippen molar-refractivity contribution >= 4 is 17.9 Å². The molecule has 0 saturated heterocycles. The summed E-state index contributed by atoms with van der Waals surface area (Å²) in [5.41, 5.74) is 1.56. The van der Waals surface area contributed by atoms with E-state index in [-0.39, 0.29) is 18.2 Å². The lowest BCUT2D eigenvalue weighted by Gasteiger charge is -2.08. The smallest absolute Gasteiger partial charge is 0.363 e. The standard InChI is InChI=1S/C23H22N2O5/c1-3-4-12-28-18-8-6-17(7-9-18)22-25-19(23(26)30-22)14-16-5-10-20(29-13-11-24)21(15-16)27-2/h5-10,14-15H,3-4,12-13H2,1-2H3/b19-14-. The van der Waals surface area contributed by atoms with E-state index < -0.39 is 5.97 Å². The second kappa shape index (κ2) is 10.1. The van der Waals surface area contributed by atoms with Crippen LogP contribution in [0.5, 0.6) is 17.2 Å². The van der Waals surface area contributed by atoms with E-state index in [1.807, 2.05) is 18.2 Å². The summed E-state index contributed by atoms with van der Waals surface area (Å²) < 4.78 is 21.5. The minimum absolute atomic E-state index is 0.0841. The summed E-state index contributed by atoms with van der Waals surface area (Å²) in [5.74, 6) is 1.37. The number of carbonyl (C=O) groups is 1. The van der Waals surface area contributed by atoms with Crippen LogP contribution in [0.15, 0.2) is 53.2 Å². The van der Waals surface area contributed by atoms with Gasteiger partial charge in [-0.3, -0.25) is 0 Å². The Bertz CT molecular complexity index is 1000. The maximum absolute atomic E-state index is 12.2. The third kappa shape index (κ3) is 5.17. The number of cyclic esters (lactones) is 1. The number of rotatable bonds is 9. The summed E-state index contributed by atoms with van der Waals surface area (Å²) in [6.45, 7) is 2.69. The molecule has 0 saturated carbocycles. The number of carbonyl (C=O) groups excluding carboxylic acids is 1. The number of ether oxygens (including phenoxy) is 4. The van der Waals surface area contributed by atoms with Gasteiger partial charge in [0.2, 0.25) is 5.90 Å². The summed E-state index contributed by atoms with van der Waals surface area (Å²) in [5, 5.41) is 8.65. The van der Waals surface area contributed by atoms with Crippen molar-refractivity contribution in [2.24, 2.45) is 4.99 Å². The maximum Gasteiger partial charge on any atom is 0.363 e. The highest BCUT2D eigenvalue weighted by molar-refractivity contribution is 6.12. The van der Waals surface area contributed by atoms with E-state index in [1.165, 1.54) is 7.11 Å². The number of nitrogens with zero attached hydrogens (tertiary/aromatic N) is 2. The van der Waals surface area contributed by atoms with Gasteiger partial charge in [-0.15, -0.1) is 0 Å². The fourth-order valence-corrected chi connectivity index (χ4v) is 2.72. The zero-order chi connectivity index (χ0) is 21.3. The molecule has 3 rings (SSSR count). The molecule has 154 valence electrons. The Morgan fingerprint density at radius 2 is 1.93 bits per heavy atom. The predicted molar refractivity (Wildman–Crippen MR) is 112 cm³/mol. The van der Waals surface area contributed by atoms with Crippen molar-refractivity contribution in [3.05, 3.63) is 59.3 Å². The first kappa shape index (κ1) is 20.9. The van der Waals surface area contributed by atoms with Crippen LogP contribution >= 0.6 is 0 Å². The van der Waals surface area contributed by atoms with Crippen LogP contribution in [0.2, 0.25) is 0 Å². The molecule has 0 N–H and O–H groups in total. The Hall–Kier alpha value is -3.79. The molecule has 7 heteroatoms. The number of nitriles is 1. The van der Waals surface area contributed by atoms with Gasteiger partial charge in [0, 0.05) is 5.56 Å². The van der Waals surface area contributed by atoms with Crippen LogP contribution in [-0.4, -0.2) is 32.2 Å². The molecule has 1 heterocycles. The van der Waals surface area contributed by atoms with E-state index in [0.29, 0.717) is 29.2 Å². The first-order valence-corrected chi connectivity index (χ1v) is 9.58. The van der Waals surface area contributed by atoms with E-state index in [2.05, 4.69) is 11.9 Å². The second-order valence-electron chi connectivity index (χ2n) is 6.42. The summed E-state index contributed by atoms with van der Waals surface area (Å²) in [7, 11) is 1.50. The summed E-state index contributed by atoms with van der Waals surface area (Å²) >= 11 is 0. The zero-order valence-corrected chi connectivity index (χ0v) is 16.9. The average molecular weight is 406 g/mol. The summed E-state index contributed by atoms with van der Waals surface area (Å²) in [6, 6.07) is 14.3. The molecule has 0 aromatic heterocycles. The molecule has 30 heavy (non-hydrogen) atoms. The number of benzene rings is 2. The highest BCUT2D eigenvalue weighted by atomic mass is 16.6.